The molecule has 15 heavy (non-hydrogen) atoms. The summed E-state index contributed by atoms with van der Waals surface area (Å²) in [7, 11) is 6.08. The number of likely N-dealkylation sites (N-methyl/N-ethyl adjacent to an activating group) is 1. The molecule has 0 bridgehead atoms. The van der Waals surface area contributed by atoms with Crippen LogP contribution in [0.2, 0.25) is 0 Å². The topological polar surface area (TPSA) is 15.3 Å². The minimum Gasteiger partial charge on any atom is -0.388 e. The zero-order valence-electron chi connectivity index (χ0n) is 9.88. The Morgan fingerprint density at radius 3 is 2.33 bits per heavy atom. The summed E-state index contributed by atoms with van der Waals surface area (Å²) in [6.07, 6.45) is 1.10. The van der Waals surface area contributed by atoms with E-state index in [9.17, 15) is 0 Å². The second-order valence-corrected chi connectivity index (χ2v) is 3.98. The van der Waals surface area contributed by atoms with Crippen LogP contribution < -0.4 is 5.32 Å². The van der Waals surface area contributed by atoms with Gasteiger partial charge in [-0.15, -0.1) is 0 Å². The zero-order valence-corrected chi connectivity index (χ0v) is 9.88. The van der Waals surface area contributed by atoms with Crippen LogP contribution in [-0.2, 0) is 6.42 Å². The van der Waals surface area contributed by atoms with Crippen LogP contribution >= 0.6 is 0 Å². The number of rotatable bonds is 5. The monoisotopic (exact) mass is 204 g/mol. The normalized spacial score (nSPS) is 10.4. The molecular weight excluding hydrogens is 184 g/mol. The largest absolute Gasteiger partial charge is 0.388 e. The van der Waals surface area contributed by atoms with E-state index in [0.29, 0.717) is 0 Å². The molecule has 0 saturated heterocycles. The summed E-state index contributed by atoms with van der Waals surface area (Å²) >= 11 is 0. The molecule has 0 aliphatic rings. The molecule has 0 fully saturated rings. The van der Waals surface area contributed by atoms with Crippen molar-refractivity contribution in [2.75, 3.05) is 27.7 Å². The second kappa shape index (κ2) is 5.56. The van der Waals surface area contributed by atoms with Gasteiger partial charge >= 0.3 is 0 Å². The standard InChI is InChI=1S/C13H20N2/c1-11(14-2)13-7-5-12(6-8-13)9-10-15(3)4/h5-8,14H,1,9-10H2,2-4H3. The Labute approximate surface area is 92.6 Å². The maximum Gasteiger partial charge on any atom is 0.0338 e. The van der Waals surface area contributed by atoms with Gasteiger partial charge in [0.05, 0.1) is 0 Å². The Kier molecular flexibility index (Phi) is 4.37. The molecule has 1 rings (SSSR count). The third-order valence-electron chi connectivity index (χ3n) is 2.45. The SMILES string of the molecule is C=C(NC)c1ccc(CCN(C)C)cc1. The van der Waals surface area contributed by atoms with Gasteiger partial charge in [-0.3, -0.25) is 0 Å². The Morgan fingerprint density at radius 1 is 1.27 bits per heavy atom. The average molecular weight is 204 g/mol. The maximum atomic E-state index is 3.93. The summed E-state index contributed by atoms with van der Waals surface area (Å²) in [4.78, 5) is 2.19. The minimum atomic E-state index is 0.967. The number of benzene rings is 1. The van der Waals surface area contributed by atoms with Gasteiger partial charge < -0.3 is 10.2 Å². The molecule has 0 amide bonds. The van der Waals surface area contributed by atoms with Gasteiger partial charge in [-0.05, 0) is 31.6 Å². The van der Waals surface area contributed by atoms with Crippen molar-refractivity contribution >= 4 is 5.70 Å². The Hall–Kier alpha value is -1.28. The predicted octanol–water partition coefficient (Wildman–Crippen LogP) is 1.98. The summed E-state index contributed by atoms with van der Waals surface area (Å²) in [6.45, 7) is 5.02. The van der Waals surface area contributed by atoms with Crippen LogP contribution in [0, 0.1) is 0 Å². The summed E-state index contributed by atoms with van der Waals surface area (Å²) in [5.41, 5.74) is 3.50. The van der Waals surface area contributed by atoms with Crippen molar-refractivity contribution in [2.24, 2.45) is 0 Å². The minimum absolute atomic E-state index is 0.967. The van der Waals surface area contributed by atoms with Gasteiger partial charge in [0, 0.05) is 19.3 Å². The fourth-order valence-electron chi connectivity index (χ4n) is 1.37. The van der Waals surface area contributed by atoms with Crippen LogP contribution in [0.4, 0.5) is 0 Å². The first kappa shape index (κ1) is 11.8. The van der Waals surface area contributed by atoms with Crippen LogP contribution in [0.1, 0.15) is 11.1 Å². The summed E-state index contributed by atoms with van der Waals surface area (Å²) in [6, 6.07) is 8.57. The number of hydrogen-bond acceptors (Lipinski definition) is 2. The highest BCUT2D eigenvalue weighted by Crippen LogP contribution is 2.11. The van der Waals surface area contributed by atoms with Crippen molar-refractivity contribution < 1.29 is 0 Å². The molecule has 0 heterocycles. The van der Waals surface area contributed by atoms with Gasteiger partial charge in [0.2, 0.25) is 0 Å². The molecule has 2 nitrogen and oxygen atoms in total. The highest BCUT2D eigenvalue weighted by Gasteiger charge is 1.97. The van der Waals surface area contributed by atoms with Crippen molar-refractivity contribution in [1.82, 2.24) is 10.2 Å². The van der Waals surface area contributed by atoms with E-state index < -0.39 is 0 Å². The van der Waals surface area contributed by atoms with Crippen LogP contribution in [0.25, 0.3) is 5.70 Å². The molecule has 0 aromatic heterocycles. The van der Waals surface area contributed by atoms with E-state index in [4.69, 9.17) is 0 Å². The molecule has 0 unspecified atom stereocenters. The quantitative estimate of drug-likeness (QED) is 0.789. The van der Waals surface area contributed by atoms with Crippen molar-refractivity contribution in [2.45, 2.75) is 6.42 Å². The molecule has 1 N–H and O–H groups in total. The molecule has 0 saturated carbocycles. The zero-order chi connectivity index (χ0) is 11.3. The smallest absolute Gasteiger partial charge is 0.0338 e. The lowest BCUT2D eigenvalue weighted by atomic mass is 10.1. The summed E-state index contributed by atoms with van der Waals surface area (Å²) in [5.74, 6) is 0. The average Bonchev–Trinajstić information content (AvgIpc) is 2.26. The van der Waals surface area contributed by atoms with Gasteiger partial charge in [0.25, 0.3) is 0 Å². The first-order valence-electron chi connectivity index (χ1n) is 5.24. The first-order chi connectivity index (χ1) is 7.13. The number of hydrogen-bond donors (Lipinski definition) is 1. The lowest BCUT2D eigenvalue weighted by molar-refractivity contribution is 0.413. The second-order valence-electron chi connectivity index (χ2n) is 3.98. The molecule has 2 heteroatoms. The summed E-state index contributed by atoms with van der Waals surface area (Å²) < 4.78 is 0. The first-order valence-corrected chi connectivity index (χ1v) is 5.24. The maximum absolute atomic E-state index is 3.93. The van der Waals surface area contributed by atoms with E-state index >= 15 is 0 Å². The molecular formula is C13H20N2. The van der Waals surface area contributed by atoms with Crippen LogP contribution in [-0.4, -0.2) is 32.6 Å². The lowest BCUT2D eigenvalue weighted by Gasteiger charge is -2.10. The molecule has 0 atom stereocenters. The van der Waals surface area contributed by atoms with Gasteiger partial charge in [-0.1, -0.05) is 30.8 Å². The molecule has 1 aromatic carbocycles. The number of nitrogens with one attached hydrogen (secondary N) is 1. The third-order valence-corrected chi connectivity index (χ3v) is 2.45. The Balaban J connectivity index is 2.60. The fourth-order valence-corrected chi connectivity index (χ4v) is 1.37. The Bertz CT molecular complexity index is 312. The van der Waals surface area contributed by atoms with E-state index in [1.165, 1.54) is 5.56 Å². The van der Waals surface area contributed by atoms with E-state index in [1.54, 1.807) is 0 Å². The molecule has 0 aliphatic heterocycles. The summed E-state index contributed by atoms with van der Waals surface area (Å²) in [5, 5.41) is 3.05. The van der Waals surface area contributed by atoms with Crippen LogP contribution in [0.3, 0.4) is 0 Å². The molecule has 1 aromatic rings. The lowest BCUT2D eigenvalue weighted by Crippen LogP contribution is -2.15. The van der Waals surface area contributed by atoms with Crippen molar-refractivity contribution in [3.8, 4) is 0 Å². The third kappa shape index (κ3) is 3.76. The van der Waals surface area contributed by atoms with E-state index in [2.05, 4.69) is 55.2 Å². The van der Waals surface area contributed by atoms with Crippen LogP contribution in [0.15, 0.2) is 30.8 Å². The van der Waals surface area contributed by atoms with Gasteiger partial charge in [0.15, 0.2) is 0 Å². The highest BCUT2D eigenvalue weighted by atomic mass is 15.0. The molecule has 0 radical (unpaired) electrons. The van der Waals surface area contributed by atoms with Crippen LogP contribution in [0.5, 0.6) is 0 Å². The number of nitrogens with zero attached hydrogens (tertiary/aromatic N) is 1. The van der Waals surface area contributed by atoms with Gasteiger partial charge in [-0.25, -0.2) is 0 Å². The van der Waals surface area contributed by atoms with Crippen molar-refractivity contribution in [1.29, 1.82) is 0 Å². The Morgan fingerprint density at radius 2 is 1.87 bits per heavy atom. The molecule has 0 spiro atoms. The molecule has 82 valence electrons. The highest BCUT2D eigenvalue weighted by molar-refractivity contribution is 5.61. The van der Waals surface area contributed by atoms with E-state index in [1.807, 2.05) is 7.05 Å². The van der Waals surface area contributed by atoms with E-state index in [-0.39, 0.29) is 0 Å². The van der Waals surface area contributed by atoms with E-state index in [0.717, 1.165) is 24.2 Å². The fraction of sp³-hybridized carbons (Fsp3) is 0.385. The van der Waals surface area contributed by atoms with Crippen molar-refractivity contribution in [3.05, 3.63) is 42.0 Å². The molecule has 0 aliphatic carbocycles. The van der Waals surface area contributed by atoms with Gasteiger partial charge in [-0.2, -0.15) is 0 Å². The van der Waals surface area contributed by atoms with Crippen molar-refractivity contribution in [3.63, 3.8) is 0 Å². The van der Waals surface area contributed by atoms with Gasteiger partial charge in [0.1, 0.15) is 0 Å². The predicted molar refractivity (Wildman–Crippen MR) is 66.8 cm³/mol.